The van der Waals surface area contributed by atoms with Crippen molar-refractivity contribution in [3.63, 3.8) is 0 Å². The van der Waals surface area contributed by atoms with Gasteiger partial charge in [-0.05, 0) is 48.4 Å². The highest BCUT2D eigenvalue weighted by atomic mass is 32.2. The van der Waals surface area contributed by atoms with Crippen LogP contribution in [-0.2, 0) is 11.2 Å². The van der Waals surface area contributed by atoms with E-state index < -0.39 is 5.97 Å². The summed E-state index contributed by atoms with van der Waals surface area (Å²) in [7, 11) is 0. The maximum absolute atomic E-state index is 12.8. The number of amides is 1. The molecule has 1 aliphatic heterocycles. The van der Waals surface area contributed by atoms with Crippen LogP contribution in [0.5, 0.6) is 0 Å². The van der Waals surface area contributed by atoms with E-state index in [1.54, 1.807) is 23.1 Å². The first-order chi connectivity index (χ1) is 13.0. The van der Waals surface area contributed by atoms with Crippen molar-refractivity contribution in [2.24, 2.45) is 4.99 Å². The van der Waals surface area contributed by atoms with Crippen LogP contribution < -0.4 is 0 Å². The summed E-state index contributed by atoms with van der Waals surface area (Å²) in [5, 5.41) is 19.1. The van der Waals surface area contributed by atoms with Crippen LogP contribution in [0.4, 0.5) is 5.13 Å². The number of aliphatic imine (C=N–C) groups is 1. The Bertz CT molecular complexity index is 919. The SMILES string of the molecule is CCCN1C(=O)/C(=C\c2ccc(C(=O)O)cc2)S/C1=N/c1nnc(CC)s1. The largest absolute Gasteiger partial charge is 0.478 e. The van der Waals surface area contributed by atoms with Gasteiger partial charge in [-0.3, -0.25) is 9.69 Å². The Balaban J connectivity index is 1.88. The van der Waals surface area contributed by atoms with E-state index in [4.69, 9.17) is 5.11 Å². The summed E-state index contributed by atoms with van der Waals surface area (Å²) in [6.45, 7) is 4.58. The quantitative estimate of drug-likeness (QED) is 0.738. The fourth-order valence-corrected chi connectivity index (χ4v) is 4.11. The van der Waals surface area contributed by atoms with E-state index in [0.717, 1.165) is 23.4 Å². The standard InChI is InChI=1S/C18H18N4O3S2/c1-3-9-22-15(23)13(10-11-5-7-12(8-6-11)16(24)25)26-18(22)19-17-21-20-14(4-2)27-17/h5-8,10H,3-4,9H2,1-2H3,(H,24,25)/b13-10+,19-18+. The molecular weight excluding hydrogens is 384 g/mol. The minimum Gasteiger partial charge on any atom is -0.478 e. The van der Waals surface area contributed by atoms with E-state index in [1.807, 2.05) is 13.8 Å². The second kappa shape index (κ2) is 8.45. The first-order valence-corrected chi connectivity index (χ1v) is 10.1. The maximum atomic E-state index is 12.8. The maximum Gasteiger partial charge on any atom is 0.335 e. The van der Waals surface area contributed by atoms with E-state index in [0.29, 0.717) is 21.7 Å². The predicted molar refractivity (Wildman–Crippen MR) is 107 cm³/mol. The number of carboxylic acid groups (broad SMARTS) is 1. The first kappa shape index (κ1) is 19.2. The minimum atomic E-state index is -0.979. The molecule has 7 nitrogen and oxygen atoms in total. The first-order valence-electron chi connectivity index (χ1n) is 8.47. The smallest absolute Gasteiger partial charge is 0.335 e. The van der Waals surface area contributed by atoms with Crippen LogP contribution in [0.15, 0.2) is 34.2 Å². The third kappa shape index (κ3) is 4.42. The molecular formula is C18H18N4O3S2. The van der Waals surface area contributed by atoms with Crippen molar-refractivity contribution in [3.8, 4) is 0 Å². The summed E-state index contributed by atoms with van der Waals surface area (Å²) in [5.41, 5.74) is 0.971. The molecule has 0 radical (unpaired) electrons. The number of hydrogen-bond donors (Lipinski definition) is 1. The zero-order valence-electron chi connectivity index (χ0n) is 14.9. The average molecular weight is 403 g/mol. The Labute approximate surface area is 164 Å². The zero-order chi connectivity index (χ0) is 19.4. The summed E-state index contributed by atoms with van der Waals surface area (Å²) in [6, 6.07) is 6.40. The highest BCUT2D eigenvalue weighted by molar-refractivity contribution is 8.18. The van der Waals surface area contributed by atoms with Crippen LogP contribution in [0.2, 0.25) is 0 Å². The van der Waals surface area contributed by atoms with Crippen LogP contribution in [0.3, 0.4) is 0 Å². The van der Waals surface area contributed by atoms with E-state index in [9.17, 15) is 9.59 Å². The molecule has 1 saturated heterocycles. The van der Waals surface area contributed by atoms with E-state index in [1.165, 1.54) is 35.2 Å². The number of aromatic carboxylic acids is 1. The van der Waals surface area contributed by atoms with Crippen LogP contribution >= 0.6 is 23.1 Å². The number of carbonyl (C=O) groups is 2. The second-order valence-corrected chi connectivity index (χ2v) is 7.77. The Kier molecular flexibility index (Phi) is 6.02. The fraction of sp³-hybridized carbons (Fsp3) is 0.278. The Hall–Kier alpha value is -2.52. The van der Waals surface area contributed by atoms with Crippen molar-refractivity contribution < 1.29 is 14.7 Å². The average Bonchev–Trinajstić information content (AvgIpc) is 3.22. The van der Waals surface area contributed by atoms with Crippen LogP contribution in [0, 0.1) is 0 Å². The highest BCUT2D eigenvalue weighted by Gasteiger charge is 2.33. The number of thioether (sulfide) groups is 1. The molecule has 1 N–H and O–H groups in total. The number of benzene rings is 1. The molecule has 0 saturated carbocycles. The summed E-state index contributed by atoms with van der Waals surface area (Å²) in [6.07, 6.45) is 3.36. The molecule has 140 valence electrons. The molecule has 1 aliphatic rings. The van der Waals surface area contributed by atoms with Gasteiger partial charge in [0.15, 0.2) is 5.17 Å². The molecule has 0 unspecified atom stereocenters. The Morgan fingerprint density at radius 3 is 2.59 bits per heavy atom. The molecule has 0 bridgehead atoms. The monoisotopic (exact) mass is 402 g/mol. The molecule has 9 heteroatoms. The summed E-state index contributed by atoms with van der Waals surface area (Å²) < 4.78 is 0. The minimum absolute atomic E-state index is 0.108. The van der Waals surface area contributed by atoms with Gasteiger partial charge in [0.25, 0.3) is 5.91 Å². The summed E-state index contributed by atoms with van der Waals surface area (Å²) >= 11 is 2.71. The molecule has 0 aliphatic carbocycles. The number of carbonyl (C=O) groups excluding carboxylic acids is 1. The zero-order valence-corrected chi connectivity index (χ0v) is 16.5. The van der Waals surface area contributed by atoms with Gasteiger partial charge in [-0.25, -0.2) is 4.79 Å². The molecule has 1 aromatic heterocycles. The highest BCUT2D eigenvalue weighted by Crippen LogP contribution is 2.34. The molecule has 1 fully saturated rings. The Morgan fingerprint density at radius 1 is 1.26 bits per heavy atom. The van der Waals surface area contributed by atoms with Crippen LogP contribution in [0.1, 0.15) is 41.2 Å². The Morgan fingerprint density at radius 2 is 2.00 bits per heavy atom. The third-order valence-corrected chi connectivity index (χ3v) is 5.71. The normalized spacial score (nSPS) is 17.3. The van der Waals surface area contributed by atoms with Crippen molar-refractivity contribution in [1.29, 1.82) is 0 Å². The van der Waals surface area contributed by atoms with Gasteiger partial charge in [0, 0.05) is 6.54 Å². The number of carboxylic acids is 1. The number of hydrogen-bond acceptors (Lipinski definition) is 7. The van der Waals surface area contributed by atoms with Crippen molar-refractivity contribution in [2.75, 3.05) is 6.54 Å². The van der Waals surface area contributed by atoms with Gasteiger partial charge in [-0.2, -0.15) is 4.99 Å². The van der Waals surface area contributed by atoms with Crippen molar-refractivity contribution in [1.82, 2.24) is 15.1 Å². The number of aromatic nitrogens is 2. The summed E-state index contributed by atoms with van der Waals surface area (Å²) in [5.74, 6) is -1.09. The molecule has 2 aromatic rings. The lowest BCUT2D eigenvalue weighted by atomic mass is 10.1. The van der Waals surface area contributed by atoms with E-state index >= 15 is 0 Å². The number of nitrogens with zero attached hydrogens (tertiary/aromatic N) is 4. The number of rotatable bonds is 6. The molecule has 2 heterocycles. The molecule has 27 heavy (non-hydrogen) atoms. The van der Waals surface area contributed by atoms with E-state index in [2.05, 4.69) is 15.2 Å². The van der Waals surface area contributed by atoms with Gasteiger partial charge in [-0.15, -0.1) is 10.2 Å². The number of aryl methyl sites for hydroxylation is 1. The van der Waals surface area contributed by atoms with Gasteiger partial charge in [0.05, 0.1) is 10.5 Å². The van der Waals surface area contributed by atoms with Gasteiger partial charge in [0.2, 0.25) is 5.13 Å². The summed E-state index contributed by atoms with van der Waals surface area (Å²) in [4.78, 5) is 30.4. The van der Waals surface area contributed by atoms with Gasteiger partial charge in [0.1, 0.15) is 5.01 Å². The van der Waals surface area contributed by atoms with Gasteiger partial charge < -0.3 is 5.11 Å². The van der Waals surface area contributed by atoms with Crippen molar-refractivity contribution >= 4 is 51.4 Å². The molecule has 3 rings (SSSR count). The lowest BCUT2D eigenvalue weighted by Gasteiger charge is -2.13. The number of amidine groups is 1. The van der Waals surface area contributed by atoms with E-state index in [-0.39, 0.29) is 11.5 Å². The third-order valence-electron chi connectivity index (χ3n) is 3.74. The molecule has 1 aromatic carbocycles. The lowest BCUT2D eigenvalue weighted by molar-refractivity contribution is -0.122. The van der Waals surface area contributed by atoms with Gasteiger partial charge in [-0.1, -0.05) is 37.3 Å². The van der Waals surface area contributed by atoms with Crippen molar-refractivity contribution in [3.05, 3.63) is 45.3 Å². The van der Waals surface area contributed by atoms with Crippen molar-refractivity contribution in [2.45, 2.75) is 26.7 Å². The van der Waals surface area contributed by atoms with Gasteiger partial charge >= 0.3 is 5.97 Å². The lowest BCUT2D eigenvalue weighted by Crippen LogP contribution is -2.29. The molecule has 1 amide bonds. The second-order valence-electron chi connectivity index (χ2n) is 5.72. The topological polar surface area (TPSA) is 95.8 Å². The van der Waals surface area contributed by atoms with Crippen LogP contribution in [-0.4, -0.2) is 43.8 Å². The molecule has 0 atom stereocenters. The van der Waals surface area contributed by atoms with Crippen LogP contribution in [0.25, 0.3) is 6.08 Å². The molecule has 0 spiro atoms. The fourth-order valence-electron chi connectivity index (χ4n) is 2.40. The predicted octanol–water partition coefficient (Wildman–Crippen LogP) is 3.81.